The van der Waals surface area contributed by atoms with Gasteiger partial charge in [0.1, 0.15) is 30.1 Å². The zero-order chi connectivity index (χ0) is 22.3. The molecule has 8 heteroatoms. The molecule has 0 bridgehead atoms. The lowest BCUT2D eigenvalue weighted by molar-refractivity contribution is -0.147. The Morgan fingerprint density at radius 2 is 1.90 bits per heavy atom. The van der Waals surface area contributed by atoms with Crippen molar-refractivity contribution in [2.75, 3.05) is 31.8 Å². The Morgan fingerprint density at radius 3 is 2.47 bits per heavy atom. The first kappa shape index (κ1) is 23.4. The maximum atomic E-state index is 12.6. The maximum Gasteiger partial charge on any atom is 0.351 e. The van der Waals surface area contributed by atoms with Crippen LogP contribution in [0.3, 0.4) is 0 Å². The molecule has 0 unspecified atom stereocenters. The van der Waals surface area contributed by atoms with Crippen LogP contribution in [0.15, 0.2) is 45.8 Å². The molecule has 2 rings (SSSR count). The van der Waals surface area contributed by atoms with Crippen molar-refractivity contribution in [3.8, 4) is 11.8 Å². The highest BCUT2D eigenvalue weighted by molar-refractivity contribution is 8.03. The minimum absolute atomic E-state index is 0.0786. The number of hydrogen-bond acceptors (Lipinski definition) is 8. The summed E-state index contributed by atoms with van der Waals surface area (Å²) in [7, 11) is 1.59. The molecule has 0 aliphatic carbocycles. The molecule has 0 aromatic heterocycles. The summed E-state index contributed by atoms with van der Waals surface area (Å²) >= 11 is 1.34. The number of fused-ring (bicyclic) bond motifs is 1. The molecule has 0 N–H and O–H groups in total. The number of hydrogen-bond donors (Lipinski definition) is 0. The molecule has 0 amide bonds. The third-order valence-electron chi connectivity index (χ3n) is 4.27. The number of benzene rings is 1. The SMILES string of the molecule is C=C(C)C(=O)OCCOC(=O)C(C#N)=C1Sc2cc(OC)ccc2N1CCC(C)C. The fourth-order valence-electron chi connectivity index (χ4n) is 2.63. The number of anilines is 1. The molecular formula is C22H26N2O5S. The Labute approximate surface area is 181 Å². The smallest absolute Gasteiger partial charge is 0.351 e. The zero-order valence-corrected chi connectivity index (χ0v) is 18.5. The summed E-state index contributed by atoms with van der Waals surface area (Å²) in [5.74, 6) is -0.146. The Bertz CT molecular complexity index is 901. The number of esters is 2. The molecule has 160 valence electrons. The van der Waals surface area contributed by atoms with Crippen LogP contribution in [0, 0.1) is 17.2 Å². The number of nitrogens with zero attached hydrogens (tertiary/aromatic N) is 2. The van der Waals surface area contributed by atoms with E-state index in [4.69, 9.17) is 14.2 Å². The molecule has 1 aromatic rings. The lowest BCUT2D eigenvalue weighted by Crippen LogP contribution is -2.24. The van der Waals surface area contributed by atoms with Crippen molar-refractivity contribution in [3.05, 3.63) is 41.0 Å². The van der Waals surface area contributed by atoms with Gasteiger partial charge in [0.25, 0.3) is 0 Å². The third kappa shape index (κ3) is 5.80. The second-order valence-corrected chi connectivity index (χ2v) is 8.14. The highest BCUT2D eigenvalue weighted by atomic mass is 32.2. The lowest BCUT2D eigenvalue weighted by Gasteiger charge is -2.22. The van der Waals surface area contributed by atoms with Gasteiger partial charge in [0, 0.05) is 17.0 Å². The van der Waals surface area contributed by atoms with Gasteiger partial charge < -0.3 is 19.1 Å². The first-order chi connectivity index (χ1) is 14.3. The average Bonchev–Trinajstić information content (AvgIpc) is 3.06. The minimum atomic E-state index is -0.749. The van der Waals surface area contributed by atoms with Crippen molar-refractivity contribution in [2.24, 2.45) is 5.92 Å². The quantitative estimate of drug-likeness (QED) is 0.251. The van der Waals surface area contributed by atoms with E-state index in [1.165, 1.54) is 18.7 Å². The van der Waals surface area contributed by atoms with E-state index in [1.54, 1.807) is 7.11 Å². The summed E-state index contributed by atoms with van der Waals surface area (Å²) in [6.45, 7) is 9.66. The predicted octanol–water partition coefficient (Wildman–Crippen LogP) is 4.05. The van der Waals surface area contributed by atoms with Gasteiger partial charge in [-0.2, -0.15) is 5.26 Å². The van der Waals surface area contributed by atoms with E-state index in [0.717, 1.165) is 17.0 Å². The lowest BCUT2D eigenvalue weighted by atomic mass is 10.1. The molecular weight excluding hydrogens is 404 g/mol. The van der Waals surface area contributed by atoms with Crippen molar-refractivity contribution < 1.29 is 23.8 Å². The van der Waals surface area contributed by atoms with Crippen LogP contribution in [0.2, 0.25) is 0 Å². The van der Waals surface area contributed by atoms with E-state index in [9.17, 15) is 14.9 Å². The normalized spacial score (nSPS) is 14.1. The van der Waals surface area contributed by atoms with Crippen LogP contribution in [0.4, 0.5) is 5.69 Å². The van der Waals surface area contributed by atoms with E-state index in [2.05, 4.69) is 20.4 Å². The molecule has 7 nitrogen and oxygen atoms in total. The number of thioether (sulfide) groups is 1. The van der Waals surface area contributed by atoms with Crippen LogP contribution >= 0.6 is 11.8 Å². The molecule has 1 aliphatic heterocycles. The summed E-state index contributed by atoms with van der Waals surface area (Å²) in [4.78, 5) is 26.8. The van der Waals surface area contributed by atoms with Gasteiger partial charge in [-0.3, -0.25) is 0 Å². The second kappa shape index (κ2) is 10.7. The Hall–Kier alpha value is -2.92. The summed E-state index contributed by atoms with van der Waals surface area (Å²) in [5, 5.41) is 10.2. The number of ether oxygens (including phenoxy) is 3. The number of nitriles is 1. The highest BCUT2D eigenvalue weighted by Crippen LogP contribution is 2.48. The summed E-state index contributed by atoms with van der Waals surface area (Å²) < 4.78 is 15.4. The van der Waals surface area contributed by atoms with Gasteiger partial charge in [0.05, 0.1) is 12.8 Å². The molecule has 0 saturated heterocycles. The van der Waals surface area contributed by atoms with Gasteiger partial charge >= 0.3 is 11.9 Å². The number of rotatable bonds is 9. The van der Waals surface area contributed by atoms with Gasteiger partial charge in [0.15, 0.2) is 5.57 Å². The van der Waals surface area contributed by atoms with Crippen LogP contribution in [-0.4, -0.2) is 38.8 Å². The predicted molar refractivity (Wildman–Crippen MR) is 115 cm³/mol. The van der Waals surface area contributed by atoms with E-state index in [1.807, 2.05) is 29.2 Å². The van der Waals surface area contributed by atoms with Crippen LogP contribution in [-0.2, 0) is 19.1 Å². The fourth-order valence-corrected chi connectivity index (χ4v) is 3.83. The topological polar surface area (TPSA) is 88.9 Å². The van der Waals surface area contributed by atoms with Crippen molar-refractivity contribution in [1.82, 2.24) is 0 Å². The molecule has 0 spiro atoms. The largest absolute Gasteiger partial charge is 0.497 e. The van der Waals surface area contributed by atoms with Crippen LogP contribution in [0.5, 0.6) is 5.75 Å². The van der Waals surface area contributed by atoms with E-state index >= 15 is 0 Å². The minimum Gasteiger partial charge on any atom is -0.497 e. The summed E-state index contributed by atoms with van der Waals surface area (Å²) in [6.07, 6.45) is 0.889. The number of carbonyl (C=O) groups excluding carboxylic acids is 2. The number of carbonyl (C=O) groups is 2. The third-order valence-corrected chi connectivity index (χ3v) is 5.43. The van der Waals surface area contributed by atoms with E-state index < -0.39 is 11.9 Å². The van der Waals surface area contributed by atoms with Crippen LogP contribution < -0.4 is 9.64 Å². The van der Waals surface area contributed by atoms with Crippen LogP contribution in [0.25, 0.3) is 0 Å². The average molecular weight is 431 g/mol. The van der Waals surface area contributed by atoms with Crippen molar-refractivity contribution in [2.45, 2.75) is 32.1 Å². The number of methoxy groups -OCH3 is 1. The zero-order valence-electron chi connectivity index (χ0n) is 17.7. The molecule has 30 heavy (non-hydrogen) atoms. The molecule has 1 aliphatic rings. The van der Waals surface area contributed by atoms with Gasteiger partial charge in [-0.1, -0.05) is 32.2 Å². The molecule has 1 heterocycles. The molecule has 0 saturated carbocycles. The van der Waals surface area contributed by atoms with Crippen molar-refractivity contribution >= 4 is 29.4 Å². The van der Waals surface area contributed by atoms with Crippen molar-refractivity contribution in [3.63, 3.8) is 0 Å². The van der Waals surface area contributed by atoms with Gasteiger partial charge in [0.2, 0.25) is 0 Å². The summed E-state index contributed by atoms with van der Waals surface area (Å²) in [6, 6.07) is 7.64. The molecule has 0 atom stereocenters. The Morgan fingerprint density at radius 1 is 1.23 bits per heavy atom. The molecule has 0 fully saturated rings. The van der Waals surface area contributed by atoms with Crippen molar-refractivity contribution in [1.29, 1.82) is 5.26 Å². The van der Waals surface area contributed by atoms with Gasteiger partial charge in [-0.25, -0.2) is 9.59 Å². The maximum absolute atomic E-state index is 12.6. The van der Waals surface area contributed by atoms with E-state index in [0.29, 0.717) is 23.2 Å². The van der Waals surface area contributed by atoms with Gasteiger partial charge in [-0.15, -0.1) is 0 Å². The standard InChI is InChI=1S/C22H26N2O5S/c1-14(2)8-9-24-18-7-6-16(27-5)12-19(18)30-20(24)17(13-23)22(26)29-11-10-28-21(25)15(3)4/h6-7,12,14H,3,8-11H2,1-2,4-5H3. The Kier molecular flexibility index (Phi) is 8.36. The second-order valence-electron chi connectivity index (χ2n) is 7.11. The summed E-state index contributed by atoms with van der Waals surface area (Å²) in [5.41, 5.74) is 1.11. The molecule has 0 radical (unpaired) electrons. The van der Waals surface area contributed by atoms with E-state index in [-0.39, 0.29) is 24.4 Å². The molecule has 1 aromatic carbocycles. The van der Waals surface area contributed by atoms with Crippen LogP contribution in [0.1, 0.15) is 27.2 Å². The Balaban J connectivity index is 2.21. The van der Waals surface area contributed by atoms with Gasteiger partial charge in [-0.05, 0) is 37.5 Å². The first-order valence-electron chi connectivity index (χ1n) is 9.56. The highest BCUT2D eigenvalue weighted by Gasteiger charge is 2.31. The first-order valence-corrected chi connectivity index (χ1v) is 10.4. The fraction of sp³-hybridized carbons (Fsp3) is 0.409. The monoisotopic (exact) mass is 430 g/mol.